The van der Waals surface area contributed by atoms with Gasteiger partial charge in [-0.1, -0.05) is 42.8 Å². The van der Waals surface area contributed by atoms with E-state index in [0.717, 1.165) is 36.0 Å². The van der Waals surface area contributed by atoms with Gasteiger partial charge in [-0.15, -0.1) is 24.0 Å². The molecule has 2 N–H and O–H groups in total. The third-order valence-corrected chi connectivity index (χ3v) is 3.95. The Hall–Kier alpha value is -1.96. The molecule has 0 aliphatic carbocycles. The van der Waals surface area contributed by atoms with Crippen molar-refractivity contribution in [2.75, 3.05) is 20.8 Å². The lowest BCUT2D eigenvalue weighted by Crippen LogP contribution is -2.36. The third-order valence-electron chi connectivity index (χ3n) is 3.95. The van der Waals surface area contributed by atoms with Crippen LogP contribution in [0.5, 0.6) is 11.5 Å². The normalized spacial score (nSPS) is 10.7. The second-order valence-corrected chi connectivity index (χ2v) is 6.10. The van der Waals surface area contributed by atoms with Gasteiger partial charge in [0.25, 0.3) is 0 Å². The Kier molecular flexibility index (Phi) is 10.6. The van der Waals surface area contributed by atoms with Crippen LogP contribution in [0.15, 0.2) is 47.5 Å². The van der Waals surface area contributed by atoms with Crippen LogP contribution in [0.25, 0.3) is 0 Å². The van der Waals surface area contributed by atoms with Crippen LogP contribution in [-0.2, 0) is 13.1 Å². The number of nitrogens with one attached hydrogen (secondary N) is 2. The van der Waals surface area contributed by atoms with Crippen molar-refractivity contribution in [1.29, 1.82) is 0 Å². The largest absolute Gasteiger partial charge is 0.493 e. The fourth-order valence-electron chi connectivity index (χ4n) is 2.45. The number of hydrogen-bond acceptors (Lipinski definition) is 3. The molecule has 0 amide bonds. The van der Waals surface area contributed by atoms with E-state index in [2.05, 4.69) is 53.7 Å². The van der Waals surface area contributed by atoms with E-state index >= 15 is 0 Å². The van der Waals surface area contributed by atoms with E-state index in [1.165, 1.54) is 11.1 Å². The second kappa shape index (κ2) is 12.4. The van der Waals surface area contributed by atoms with E-state index in [0.29, 0.717) is 13.2 Å². The summed E-state index contributed by atoms with van der Waals surface area (Å²) in [6, 6.07) is 14.4. The van der Waals surface area contributed by atoms with Crippen LogP contribution < -0.4 is 20.1 Å². The van der Waals surface area contributed by atoms with Gasteiger partial charge in [-0.2, -0.15) is 0 Å². The number of benzene rings is 2. The van der Waals surface area contributed by atoms with Crippen LogP contribution in [0.1, 0.15) is 30.0 Å². The summed E-state index contributed by atoms with van der Waals surface area (Å²) in [5.41, 5.74) is 3.58. The fraction of sp³-hybridized carbons (Fsp3) is 0.381. The Bertz CT molecular complexity index is 718. The number of rotatable bonds is 8. The Balaban J connectivity index is 0.00000364. The molecule has 0 spiro atoms. The van der Waals surface area contributed by atoms with Crippen LogP contribution in [-0.4, -0.2) is 26.7 Å². The summed E-state index contributed by atoms with van der Waals surface area (Å²) in [6.07, 6.45) is 0.968. The summed E-state index contributed by atoms with van der Waals surface area (Å²) in [7, 11) is 3.43. The van der Waals surface area contributed by atoms with Gasteiger partial charge in [0.2, 0.25) is 0 Å². The molecule has 27 heavy (non-hydrogen) atoms. The number of hydrogen-bond donors (Lipinski definition) is 2. The monoisotopic (exact) mass is 483 g/mol. The predicted molar refractivity (Wildman–Crippen MR) is 122 cm³/mol. The minimum Gasteiger partial charge on any atom is -0.493 e. The van der Waals surface area contributed by atoms with E-state index in [-0.39, 0.29) is 24.0 Å². The Morgan fingerprint density at radius 1 is 0.963 bits per heavy atom. The maximum atomic E-state index is 5.69. The first-order chi connectivity index (χ1) is 12.7. The summed E-state index contributed by atoms with van der Waals surface area (Å²) in [6.45, 7) is 6.24. The molecule has 0 heterocycles. The average molecular weight is 483 g/mol. The van der Waals surface area contributed by atoms with Gasteiger partial charge in [0.15, 0.2) is 17.5 Å². The van der Waals surface area contributed by atoms with E-state index in [9.17, 15) is 0 Å². The molecule has 0 saturated carbocycles. The van der Waals surface area contributed by atoms with Gasteiger partial charge >= 0.3 is 0 Å². The van der Waals surface area contributed by atoms with Crippen molar-refractivity contribution in [2.45, 2.75) is 33.4 Å². The lowest BCUT2D eigenvalue weighted by Gasteiger charge is -2.14. The molecule has 0 saturated heterocycles. The Morgan fingerprint density at radius 2 is 1.59 bits per heavy atom. The van der Waals surface area contributed by atoms with Gasteiger partial charge < -0.3 is 20.1 Å². The standard InChI is InChI=1S/C21H29N3O2.HI/c1-5-12-26-19-11-10-18(13-20(19)25-4)15-24-21(22-3)23-14-17-8-6-16(2)7-9-17;/h6-11,13H,5,12,14-15H2,1-4H3,(H2,22,23,24);1H. The van der Waals surface area contributed by atoms with E-state index in [1.807, 2.05) is 18.2 Å². The highest BCUT2D eigenvalue weighted by Gasteiger charge is 2.06. The van der Waals surface area contributed by atoms with E-state index in [1.54, 1.807) is 14.2 Å². The number of halogens is 1. The highest BCUT2D eigenvalue weighted by Crippen LogP contribution is 2.28. The van der Waals surface area contributed by atoms with Crippen molar-refractivity contribution >= 4 is 29.9 Å². The lowest BCUT2D eigenvalue weighted by molar-refractivity contribution is 0.294. The number of methoxy groups -OCH3 is 1. The Labute approximate surface area is 179 Å². The molecular weight excluding hydrogens is 453 g/mol. The van der Waals surface area contributed by atoms with Crippen LogP contribution >= 0.6 is 24.0 Å². The average Bonchev–Trinajstić information content (AvgIpc) is 2.68. The van der Waals surface area contributed by atoms with Crippen molar-refractivity contribution in [3.63, 3.8) is 0 Å². The summed E-state index contributed by atoms with van der Waals surface area (Å²) in [5.74, 6) is 2.29. The zero-order chi connectivity index (χ0) is 18.8. The number of aliphatic imine (C=N–C) groups is 1. The van der Waals surface area contributed by atoms with E-state index in [4.69, 9.17) is 9.47 Å². The van der Waals surface area contributed by atoms with Crippen LogP contribution in [0.4, 0.5) is 0 Å². The van der Waals surface area contributed by atoms with Gasteiger partial charge in [-0.25, -0.2) is 0 Å². The second-order valence-electron chi connectivity index (χ2n) is 6.10. The summed E-state index contributed by atoms with van der Waals surface area (Å²) >= 11 is 0. The molecule has 0 aliphatic heterocycles. The van der Waals surface area contributed by atoms with Gasteiger partial charge in [0.05, 0.1) is 13.7 Å². The smallest absolute Gasteiger partial charge is 0.191 e. The maximum Gasteiger partial charge on any atom is 0.191 e. The van der Waals surface area contributed by atoms with Crippen molar-refractivity contribution in [3.05, 3.63) is 59.2 Å². The molecule has 2 rings (SSSR count). The zero-order valence-electron chi connectivity index (χ0n) is 16.5. The van der Waals surface area contributed by atoms with Crippen molar-refractivity contribution in [1.82, 2.24) is 10.6 Å². The van der Waals surface area contributed by atoms with Crippen molar-refractivity contribution < 1.29 is 9.47 Å². The zero-order valence-corrected chi connectivity index (χ0v) is 18.9. The summed E-state index contributed by atoms with van der Waals surface area (Å²) in [4.78, 5) is 4.27. The first kappa shape index (κ1) is 23.1. The molecule has 2 aromatic carbocycles. The molecule has 148 valence electrons. The summed E-state index contributed by atoms with van der Waals surface area (Å²) < 4.78 is 11.1. The van der Waals surface area contributed by atoms with E-state index < -0.39 is 0 Å². The molecular formula is C21H30IN3O2. The predicted octanol–water partition coefficient (Wildman–Crippen LogP) is 4.28. The Morgan fingerprint density at radius 3 is 2.19 bits per heavy atom. The minimum atomic E-state index is 0. The first-order valence-electron chi connectivity index (χ1n) is 8.96. The molecule has 0 unspecified atom stereocenters. The minimum absolute atomic E-state index is 0. The molecule has 0 aromatic heterocycles. The molecule has 6 heteroatoms. The van der Waals surface area contributed by atoms with Crippen LogP contribution in [0, 0.1) is 6.92 Å². The molecule has 0 radical (unpaired) electrons. The van der Waals surface area contributed by atoms with Crippen molar-refractivity contribution in [3.8, 4) is 11.5 Å². The first-order valence-corrected chi connectivity index (χ1v) is 8.96. The van der Waals surface area contributed by atoms with Gasteiger partial charge in [-0.05, 0) is 36.6 Å². The van der Waals surface area contributed by atoms with Gasteiger partial charge in [-0.3, -0.25) is 4.99 Å². The number of nitrogens with zero attached hydrogens (tertiary/aromatic N) is 1. The summed E-state index contributed by atoms with van der Waals surface area (Å²) in [5, 5.41) is 6.65. The van der Waals surface area contributed by atoms with Crippen LogP contribution in [0.2, 0.25) is 0 Å². The molecule has 0 fully saturated rings. The number of ether oxygens (including phenoxy) is 2. The SMILES string of the molecule is CCCOc1ccc(CNC(=NC)NCc2ccc(C)cc2)cc1OC.I. The molecule has 0 bridgehead atoms. The third kappa shape index (κ3) is 7.66. The molecule has 2 aromatic rings. The van der Waals surface area contributed by atoms with Gasteiger partial charge in [0, 0.05) is 20.1 Å². The topological polar surface area (TPSA) is 54.9 Å². The fourth-order valence-corrected chi connectivity index (χ4v) is 2.45. The molecule has 0 aliphatic rings. The molecule has 5 nitrogen and oxygen atoms in total. The maximum absolute atomic E-state index is 5.69. The number of guanidine groups is 1. The van der Waals surface area contributed by atoms with Crippen LogP contribution in [0.3, 0.4) is 0 Å². The lowest BCUT2D eigenvalue weighted by atomic mass is 10.1. The van der Waals surface area contributed by atoms with Crippen molar-refractivity contribution in [2.24, 2.45) is 4.99 Å². The number of aryl methyl sites for hydroxylation is 1. The quantitative estimate of drug-likeness (QED) is 0.335. The molecule has 0 atom stereocenters. The van der Waals surface area contributed by atoms with Gasteiger partial charge in [0.1, 0.15) is 0 Å². The highest BCUT2D eigenvalue weighted by atomic mass is 127. The highest BCUT2D eigenvalue weighted by molar-refractivity contribution is 14.0.